The Kier molecular flexibility index (Phi) is 2.04. The molecule has 16 heavy (non-hydrogen) atoms. The molecule has 1 N–H and O–H groups in total. The molecule has 3 nitrogen and oxygen atoms in total. The molecule has 0 radical (unpaired) electrons. The molecular formula is C13H16N2O. The first-order valence-electron chi connectivity index (χ1n) is 5.81. The fraction of sp³-hybridized carbons (Fsp3) is 0.462. The number of nitrogens with zero attached hydrogens (tertiary/aromatic N) is 2. The van der Waals surface area contributed by atoms with Gasteiger partial charge in [0.05, 0.1) is 11.1 Å². The van der Waals surface area contributed by atoms with Crippen molar-refractivity contribution in [2.75, 3.05) is 0 Å². The molecule has 0 atom stereocenters. The molecule has 0 bridgehead atoms. The second-order valence-electron chi connectivity index (χ2n) is 4.81. The van der Waals surface area contributed by atoms with Gasteiger partial charge in [-0.05, 0) is 31.7 Å². The molecular weight excluding hydrogens is 200 g/mol. The van der Waals surface area contributed by atoms with Gasteiger partial charge in [0.15, 0.2) is 0 Å². The summed E-state index contributed by atoms with van der Waals surface area (Å²) in [7, 11) is 1.98. The van der Waals surface area contributed by atoms with Crippen LogP contribution in [-0.2, 0) is 13.5 Å². The van der Waals surface area contributed by atoms with Gasteiger partial charge in [0, 0.05) is 18.1 Å². The maximum absolute atomic E-state index is 9.86. The van der Waals surface area contributed by atoms with Crippen molar-refractivity contribution >= 4 is 10.9 Å². The molecule has 1 aromatic carbocycles. The number of fused-ring (bicyclic) bond motifs is 1. The molecule has 1 heterocycles. The van der Waals surface area contributed by atoms with Gasteiger partial charge in [-0.25, -0.2) is 0 Å². The van der Waals surface area contributed by atoms with Gasteiger partial charge < -0.3 is 5.11 Å². The second kappa shape index (κ2) is 3.32. The van der Waals surface area contributed by atoms with Crippen LogP contribution in [0, 0.1) is 0 Å². The van der Waals surface area contributed by atoms with Gasteiger partial charge in [-0.15, -0.1) is 0 Å². The van der Waals surface area contributed by atoms with E-state index in [0.29, 0.717) is 0 Å². The summed E-state index contributed by atoms with van der Waals surface area (Å²) in [6.45, 7) is 0. The Balaban J connectivity index is 1.92. The first kappa shape index (κ1) is 9.85. The maximum atomic E-state index is 9.86. The summed E-state index contributed by atoms with van der Waals surface area (Å²) in [5.74, 6) is 0. The van der Waals surface area contributed by atoms with Crippen molar-refractivity contribution in [3.05, 3.63) is 30.0 Å². The molecule has 0 aliphatic heterocycles. The van der Waals surface area contributed by atoms with Crippen LogP contribution in [0.25, 0.3) is 10.9 Å². The molecule has 1 fully saturated rings. The summed E-state index contributed by atoms with van der Waals surface area (Å²) in [5.41, 5.74) is 1.91. The van der Waals surface area contributed by atoms with E-state index in [1.807, 2.05) is 29.9 Å². The second-order valence-corrected chi connectivity index (χ2v) is 4.81. The van der Waals surface area contributed by atoms with Crippen LogP contribution in [0.5, 0.6) is 0 Å². The quantitative estimate of drug-likeness (QED) is 0.852. The molecule has 0 amide bonds. The van der Waals surface area contributed by atoms with Crippen LogP contribution in [-0.4, -0.2) is 20.5 Å². The third-order valence-corrected chi connectivity index (χ3v) is 3.52. The normalized spacial score (nSPS) is 17.9. The van der Waals surface area contributed by atoms with Gasteiger partial charge in [-0.1, -0.05) is 18.2 Å². The van der Waals surface area contributed by atoms with E-state index >= 15 is 0 Å². The third-order valence-electron chi connectivity index (χ3n) is 3.52. The summed E-state index contributed by atoms with van der Waals surface area (Å²) >= 11 is 0. The minimum absolute atomic E-state index is 0.370. The molecule has 0 saturated heterocycles. The number of aromatic nitrogens is 2. The zero-order chi connectivity index (χ0) is 11.2. The number of rotatable bonds is 3. The van der Waals surface area contributed by atoms with Crippen LogP contribution in [0.2, 0.25) is 0 Å². The van der Waals surface area contributed by atoms with E-state index in [-0.39, 0.29) is 5.60 Å². The molecule has 84 valence electrons. The van der Waals surface area contributed by atoms with Crippen molar-refractivity contribution in [2.45, 2.75) is 31.3 Å². The van der Waals surface area contributed by atoms with E-state index < -0.39 is 0 Å². The van der Waals surface area contributed by atoms with Crippen LogP contribution in [0.15, 0.2) is 24.3 Å². The lowest BCUT2D eigenvalue weighted by Gasteiger charge is -2.07. The molecule has 0 spiro atoms. The van der Waals surface area contributed by atoms with Gasteiger partial charge in [0.1, 0.15) is 0 Å². The highest BCUT2D eigenvalue weighted by Gasteiger charge is 2.39. The Morgan fingerprint density at radius 1 is 1.38 bits per heavy atom. The number of hydrogen-bond acceptors (Lipinski definition) is 2. The summed E-state index contributed by atoms with van der Waals surface area (Å²) in [6.07, 6.45) is 3.69. The lowest BCUT2D eigenvalue weighted by molar-refractivity contribution is 0.140. The Bertz CT molecular complexity index is 526. The highest BCUT2D eigenvalue weighted by Crippen LogP contribution is 2.39. The van der Waals surface area contributed by atoms with E-state index in [1.165, 1.54) is 11.1 Å². The van der Waals surface area contributed by atoms with Gasteiger partial charge in [-0.3, -0.25) is 4.68 Å². The average Bonchev–Trinajstić information content (AvgIpc) is 2.91. The zero-order valence-corrected chi connectivity index (χ0v) is 9.48. The van der Waals surface area contributed by atoms with Gasteiger partial charge in [0.2, 0.25) is 0 Å². The Hall–Kier alpha value is -1.35. The smallest absolute Gasteiger partial charge is 0.0926 e. The monoisotopic (exact) mass is 216 g/mol. The Morgan fingerprint density at radius 2 is 2.12 bits per heavy atom. The number of aliphatic hydroxyl groups is 1. The van der Waals surface area contributed by atoms with Crippen molar-refractivity contribution in [3.8, 4) is 0 Å². The van der Waals surface area contributed by atoms with E-state index in [4.69, 9.17) is 0 Å². The van der Waals surface area contributed by atoms with Crippen molar-refractivity contribution in [1.82, 2.24) is 9.78 Å². The van der Waals surface area contributed by atoms with Crippen LogP contribution in [0.3, 0.4) is 0 Å². The van der Waals surface area contributed by atoms with E-state index in [9.17, 15) is 5.11 Å². The minimum Gasteiger partial charge on any atom is -0.390 e. The summed E-state index contributed by atoms with van der Waals surface area (Å²) in [4.78, 5) is 0. The van der Waals surface area contributed by atoms with Gasteiger partial charge in [-0.2, -0.15) is 5.10 Å². The first-order valence-corrected chi connectivity index (χ1v) is 5.81. The van der Waals surface area contributed by atoms with Gasteiger partial charge >= 0.3 is 0 Å². The summed E-state index contributed by atoms with van der Waals surface area (Å²) < 4.78 is 1.94. The standard InChI is InChI=1S/C13H16N2O/c1-15-12(6-7-13(16)8-9-13)10-4-2-3-5-11(10)14-15/h2-5,16H,6-9H2,1H3. The zero-order valence-electron chi connectivity index (χ0n) is 9.48. The molecule has 2 aromatic rings. The lowest BCUT2D eigenvalue weighted by atomic mass is 10.1. The maximum Gasteiger partial charge on any atom is 0.0926 e. The SMILES string of the molecule is Cn1nc2ccccc2c1CCC1(O)CC1. The number of hydrogen-bond donors (Lipinski definition) is 1. The molecule has 1 aliphatic carbocycles. The van der Waals surface area contributed by atoms with Crippen LogP contribution in [0.4, 0.5) is 0 Å². The van der Waals surface area contributed by atoms with Crippen molar-refractivity contribution in [1.29, 1.82) is 0 Å². The molecule has 1 aromatic heterocycles. The first-order chi connectivity index (χ1) is 7.68. The molecule has 0 unspecified atom stereocenters. The topological polar surface area (TPSA) is 38.0 Å². The molecule has 1 aliphatic rings. The Labute approximate surface area is 94.7 Å². The summed E-state index contributed by atoms with van der Waals surface area (Å²) in [5, 5.41) is 15.5. The van der Waals surface area contributed by atoms with Gasteiger partial charge in [0.25, 0.3) is 0 Å². The average molecular weight is 216 g/mol. The van der Waals surface area contributed by atoms with Crippen molar-refractivity contribution in [3.63, 3.8) is 0 Å². The third kappa shape index (κ3) is 1.61. The van der Waals surface area contributed by atoms with E-state index in [0.717, 1.165) is 31.2 Å². The fourth-order valence-electron chi connectivity index (χ4n) is 2.24. The van der Waals surface area contributed by atoms with E-state index in [1.54, 1.807) is 0 Å². The van der Waals surface area contributed by atoms with Crippen molar-refractivity contribution < 1.29 is 5.11 Å². The lowest BCUT2D eigenvalue weighted by Crippen LogP contribution is -2.09. The number of aryl methyl sites for hydroxylation is 2. The summed E-state index contributed by atoms with van der Waals surface area (Å²) in [6, 6.07) is 8.19. The largest absolute Gasteiger partial charge is 0.390 e. The van der Waals surface area contributed by atoms with Crippen LogP contribution < -0.4 is 0 Å². The fourth-order valence-corrected chi connectivity index (χ4v) is 2.24. The molecule has 3 rings (SSSR count). The number of benzene rings is 1. The van der Waals surface area contributed by atoms with E-state index in [2.05, 4.69) is 11.2 Å². The predicted octanol–water partition coefficient (Wildman–Crippen LogP) is 2.03. The van der Waals surface area contributed by atoms with Crippen molar-refractivity contribution in [2.24, 2.45) is 7.05 Å². The molecule has 1 saturated carbocycles. The minimum atomic E-state index is -0.370. The Morgan fingerprint density at radius 3 is 2.88 bits per heavy atom. The molecule has 3 heteroatoms. The highest BCUT2D eigenvalue weighted by atomic mass is 16.3. The predicted molar refractivity (Wildman–Crippen MR) is 63.2 cm³/mol. The van der Waals surface area contributed by atoms with Crippen LogP contribution in [0.1, 0.15) is 25.0 Å². The van der Waals surface area contributed by atoms with Crippen LogP contribution >= 0.6 is 0 Å². The highest BCUT2D eigenvalue weighted by molar-refractivity contribution is 5.81.